The zero-order valence-corrected chi connectivity index (χ0v) is 11.1. The van der Waals surface area contributed by atoms with E-state index in [1.807, 2.05) is 17.0 Å². The first-order valence-corrected chi connectivity index (χ1v) is 6.98. The molecular formula is C14H17ClN2O. The molecule has 0 aliphatic carbocycles. The number of carbonyl (C=O) groups excluding carboxylic acids is 1. The van der Waals surface area contributed by atoms with E-state index in [-0.39, 0.29) is 5.91 Å². The van der Waals surface area contributed by atoms with Crippen LogP contribution in [0, 0.1) is 0 Å². The average molecular weight is 265 g/mol. The van der Waals surface area contributed by atoms with Gasteiger partial charge in [-0.25, -0.2) is 0 Å². The summed E-state index contributed by atoms with van der Waals surface area (Å²) in [7, 11) is 0. The van der Waals surface area contributed by atoms with Gasteiger partial charge in [0.25, 0.3) is 0 Å². The summed E-state index contributed by atoms with van der Waals surface area (Å²) in [5.41, 5.74) is 2.06. The standard InChI is InChI=1S/C14H17ClN2O/c15-12-6-5-11(17-9-3-4-14(17)18)10-13(12)16-7-1-2-8-16/h5-6,10H,1-4,7-9H2. The molecule has 2 heterocycles. The van der Waals surface area contributed by atoms with Crippen LogP contribution in [0.25, 0.3) is 0 Å². The second kappa shape index (κ2) is 4.81. The second-order valence-electron chi connectivity index (χ2n) is 4.98. The van der Waals surface area contributed by atoms with E-state index < -0.39 is 0 Å². The maximum Gasteiger partial charge on any atom is 0.227 e. The fraction of sp³-hybridized carbons (Fsp3) is 0.500. The van der Waals surface area contributed by atoms with Gasteiger partial charge in [-0.1, -0.05) is 11.6 Å². The summed E-state index contributed by atoms with van der Waals surface area (Å²) in [6, 6.07) is 5.93. The van der Waals surface area contributed by atoms with Gasteiger partial charge >= 0.3 is 0 Å². The topological polar surface area (TPSA) is 23.6 Å². The highest BCUT2D eigenvalue weighted by molar-refractivity contribution is 6.33. The number of nitrogens with zero attached hydrogens (tertiary/aromatic N) is 2. The quantitative estimate of drug-likeness (QED) is 0.820. The van der Waals surface area contributed by atoms with E-state index in [2.05, 4.69) is 11.0 Å². The Hall–Kier alpha value is -1.22. The SMILES string of the molecule is O=C1CCCN1c1ccc(Cl)c(N2CCCC2)c1. The summed E-state index contributed by atoms with van der Waals surface area (Å²) in [5, 5.41) is 0.785. The van der Waals surface area contributed by atoms with E-state index in [0.717, 1.165) is 42.5 Å². The molecule has 96 valence electrons. The molecule has 1 amide bonds. The van der Waals surface area contributed by atoms with Gasteiger partial charge in [0, 0.05) is 31.7 Å². The third-order valence-corrected chi connectivity index (χ3v) is 4.08. The zero-order chi connectivity index (χ0) is 12.5. The Labute approximate surface area is 112 Å². The van der Waals surface area contributed by atoms with Crippen molar-refractivity contribution in [2.45, 2.75) is 25.7 Å². The van der Waals surface area contributed by atoms with Crippen molar-refractivity contribution in [2.75, 3.05) is 29.4 Å². The van der Waals surface area contributed by atoms with Gasteiger partial charge in [-0.3, -0.25) is 4.79 Å². The molecule has 3 rings (SSSR count). The molecule has 0 bridgehead atoms. The first-order valence-electron chi connectivity index (χ1n) is 6.60. The minimum Gasteiger partial charge on any atom is -0.370 e. The van der Waals surface area contributed by atoms with Gasteiger partial charge in [0.15, 0.2) is 0 Å². The molecule has 0 radical (unpaired) electrons. The van der Waals surface area contributed by atoms with Crippen molar-refractivity contribution in [3.05, 3.63) is 23.2 Å². The third-order valence-electron chi connectivity index (χ3n) is 3.76. The van der Waals surface area contributed by atoms with E-state index in [1.165, 1.54) is 12.8 Å². The van der Waals surface area contributed by atoms with Crippen molar-refractivity contribution in [2.24, 2.45) is 0 Å². The largest absolute Gasteiger partial charge is 0.370 e. The molecular weight excluding hydrogens is 248 g/mol. The molecule has 2 fully saturated rings. The molecule has 3 nitrogen and oxygen atoms in total. The highest BCUT2D eigenvalue weighted by Gasteiger charge is 2.23. The van der Waals surface area contributed by atoms with Crippen LogP contribution in [0.5, 0.6) is 0 Å². The number of halogens is 1. The number of carbonyl (C=O) groups is 1. The summed E-state index contributed by atoms with van der Waals surface area (Å²) in [4.78, 5) is 16.0. The van der Waals surface area contributed by atoms with Gasteiger partial charge < -0.3 is 9.80 Å². The fourth-order valence-corrected chi connectivity index (χ4v) is 3.03. The molecule has 0 aromatic heterocycles. The van der Waals surface area contributed by atoms with Gasteiger partial charge in [-0.15, -0.1) is 0 Å². The van der Waals surface area contributed by atoms with E-state index in [1.54, 1.807) is 0 Å². The number of hydrogen-bond donors (Lipinski definition) is 0. The Morgan fingerprint density at radius 1 is 1.06 bits per heavy atom. The van der Waals surface area contributed by atoms with Crippen molar-refractivity contribution in [1.29, 1.82) is 0 Å². The molecule has 2 saturated heterocycles. The summed E-state index contributed by atoms with van der Waals surface area (Å²) in [6.07, 6.45) is 4.08. The molecule has 0 spiro atoms. The molecule has 0 unspecified atom stereocenters. The Kier molecular flexibility index (Phi) is 3.16. The Morgan fingerprint density at radius 2 is 1.83 bits per heavy atom. The lowest BCUT2D eigenvalue weighted by atomic mass is 10.2. The van der Waals surface area contributed by atoms with Gasteiger partial charge in [-0.05, 0) is 37.5 Å². The van der Waals surface area contributed by atoms with Crippen molar-refractivity contribution in [3.8, 4) is 0 Å². The molecule has 2 aliphatic rings. The molecule has 0 N–H and O–H groups in total. The van der Waals surface area contributed by atoms with E-state index in [0.29, 0.717) is 6.42 Å². The smallest absolute Gasteiger partial charge is 0.227 e. The molecule has 0 atom stereocenters. The van der Waals surface area contributed by atoms with Crippen LogP contribution in [0.4, 0.5) is 11.4 Å². The third kappa shape index (κ3) is 2.07. The Bertz CT molecular complexity index is 469. The molecule has 1 aromatic carbocycles. The molecule has 1 aromatic rings. The average Bonchev–Trinajstić information content (AvgIpc) is 3.01. The normalized spacial score (nSPS) is 19.9. The van der Waals surface area contributed by atoms with E-state index in [9.17, 15) is 4.79 Å². The van der Waals surface area contributed by atoms with Crippen molar-refractivity contribution in [1.82, 2.24) is 0 Å². The van der Waals surface area contributed by atoms with Crippen LogP contribution in [-0.2, 0) is 4.79 Å². The molecule has 4 heteroatoms. The predicted molar refractivity (Wildman–Crippen MR) is 74.5 cm³/mol. The lowest BCUT2D eigenvalue weighted by Crippen LogP contribution is -2.24. The van der Waals surface area contributed by atoms with Gasteiger partial charge in [0.05, 0.1) is 10.7 Å². The number of amides is 1. The Morgan fingerprint density at radius 3 is 2.50 bits per heavy atom. The maximum absolute atomic E-state index is 11.8. The first-order chi connectivity index (χ1) is 8.75. The van der Waals surface area contributed by atoms with Gasteiger partial charge in [-0.2, -0.15) is 0 Å². The lowest BCUT2D eigenvalue weighted by molar-refractivity contribution is -0.117. The van der Waals surface area contributed by atoms with Gasteiger partial charge in [0.2, 0.25) is 5.91 Å². The van der Waals surface area contributed by atoms with Crippen LogP contribution < -0.4 is 9.80 Å². The minimum absolute atomic E-state index is 0.227. The summed E-state index contributed by atoms with van der Waals surface area (Å²) < 4.78 is 0. The second-order valence-corrected chi connectivity index (χ2v) is 5.39. The van der Waals surface area contributed by atoms with Crippen molar-refractivity contribution < 1.29 is 4.79 Å². The number of hydrogen-bond acceptors (Lipinski definition) is 2. The zero-order valence-electron chi connectivity index (χ0n) is 10.4. The minimum atomic E-state index is 0.227. The first kappa shape index (κ1) is 11.8. The number of benzene rings is 1. The molecule has 0 saturated carbocycles. The van der Waals surface area contributed by atoms with Crippen molar-refractivity contribution in [3.63, 3.8) is 0 Å². The highest BCUT2D eigenvalue weighted by atomic mass is 35.5. The molecule has 2 aliphatic heterocycles. The van der Waals surface area contributed by atoms with E-state index in [4.69, 9.17) is 11.6 Å². The predicted octanol–water partition coefficient (Wildman–Crippen LogP) is 3.07. The van der Waals surface area contributed by atoms with Crippen LogP contribution in [0.15, 0.2) is 18.2 Å². The lowest BCUT2D eigenvalue weighted by Gasteiger charge is -2.22. The summed E-state index contributed by atoms with van der Waals surface area (Å²) in [6.45, 7) is 2.97. The fourth-order valence-electron chi connectivity index (χ4n) is 2.79. The van der Waals surface area contributed by atoms with Crippen LogP contribution >= 0.6 is 11.6 Å². The van der Waals surface area contributed by atoms with E-state index >= 15 is 0 Å². The van der Waals surface area contributed by atoms with Crippen LogP contribution in [-0.4, -0.2) is 25.5 Å². The van der Waals surface area contributed by atoms with Gasteiger partial charge in [0.1, 0.15) is 0 Å². The van der Waals surface area contributed by atoms with Crippen LogP contribution in [0.2, 0.25) is 5.02 Å². The molecule has 18 heavy (non-hydrogen) atoms. The number of rotatable bonds is 2. The highest BCUT2D eigenvalue weighted by Crippen LogP contribution is 2.33. The maximum atomic E-state index is 11.8. The van der Waals surface area contributed by atoms with Crippen molar-refractivity contribution >= 4 is 28.9 Å². The van der Waals surface area contributed by atoms with Crippen LogP contribution in [0.3, 0.4) is 0 Å². The summed E-state index contributed by atoms with van der Waals surface area (Å²) >= 11 is 6.27. The Balaban J connectivity index is 1.92. The van der Waals surface area contributed by atoms with Crippen LogP contribution in [0.1, 0.15) is 25.7 Å². The monoisotopic (exact) mass is 264 g/mol. The summed E-state index contributed by atoms with van der Waals surface area (Å²) in [5.74, 6) is 0.227. The number of anilines is 2.